The van der Waals surface area contributed by atoms with Gasteiger partial charge >= 0.3 is 0 Å². The summed E-state index contributed by atoms with van der Waals surface area (Å²) < 4.78 is 35.1. The number of carbonyl (C=O) groups excluding carboxylic acids is 1. The highest BCUT2D eigenvalue weighted by Gasteiger charge is 2.19. The number of nitrogens with zero attached hydrogens (tertiary/aromatic N) is 2. The molecule has 2 aromatic heterocycles. The van der Waals surface area contributed by atoms with E-state index in [0.29, 0.717) is 40.0 Å². The predicted molar refractivity (Wildman–Crippen MR) is 105 cm³/mol. The van der Waals surface area contributed by atoms with Gasteiger partial charge in [0, 0.05) is 30.5 Å². The van der Waals surface area contributed by atoms with Crippen LogP contribution in [-0.2, 0) is 14.6 Å². The van der Waals surface area contributed by atoms with Crippen molar-refractivity contribution in [2.24, 2.45) is 0 Å². The summed E-state index contributed by atoms with van der Waals surface area (Å²) in [5, 5.41) is 3.12. The second-order valence-corrected chi connectivity index (χ2v) is 9.41. The number of hydrogen-bond donors (Lipinski definition) is 1. The molecule has 1 aliphatic rings. The van der Waals surface area contributed by atoms with Gasteiger partial charge in [-0.2, -0.15) is 0 Å². The fourth-order valence-corrected chi connectivity index (χ4v) is 4.37. The van der Waals surface area contributed by atoms with Crippen molar-refractivity contribution in [3.8, 4) is 5.88 Å². The Labute approximate surface area is 165 Å². The number of thiazole rings is 1. The van der Waals surface area contributed by atoms with Crippen LogP contribution in [0.2, 0.25) is 0 Å². The van der Waals surface area contributed by atoms with Crippen LogP contribution in [0, 0.1) is 0 Å². The summed E-state index contributed by atoms with van der Waals surface area (Å²) >= 11 is 1.21. The number of rotatable bonds is 5. The van der Waals surface area contributed by atoms with Crippen LogP contribution in [0.5, 0.6) is 5.88 Å². The van der Waals surface area contributed by atoms with Crippen molar-refractivity contribution in [2.45, 2.75) is 17.4 Å². The molecule has 0 radical (unpaired) electrons. The lowest BCUT2D eigenvalue weighted by Gasteiger charge is -2.11. The normalized spacial score (nSPS) is 17.0. The molecule has 1 aromatic carbocycles. The van der Waals surface area contributed by atoms with Crippen molar-refractivity contribution in [2.75, 3.05) is 24.8 Å². The molecular formula is C18H17N3O5S2. The lowest BCUT2D eigenvalue weighted by Crippen LogP contribution is -2.17. The zero-order chi connectivity index (χ0) is 19.7. The molecule has 0 saturated carbocycles. The van der Waals surface area contributed by atoms with Crippen LogP contribution in [0.4, 0.5) is 5.13 Å². The number of amides is 1. The maximum absolute atomic E-state index is 12.6. The minimum absolute atomic E-state index is 0.0564. The molecule has 1 N–H and O–H groups in total. The van der Waals surface area contributed by atoms with E-state index in [1.54, 1.807) is 24.3 Å². The van der Waals surface area contributed by atoms with Gasteiger partial charge < -0.3 is 9.47 Å². The number of nitrogens with one attached hydrogen (secondary N) is 1. The molecule has 146 valence electrons. The summed E-state index contributed by atoms with van der Waals surface area (Å²) in [5.41, 5.74) is 1.01. The van der Waals surface area contributed by atoms with Gasteiger partial charge in [0.2, 0.25) is 5.88 Å². The van der Waals surface area contributed by atoms with Gasteiger partial charge in [0.1, 0.15) is 6.10 Å². The largest absolute Gasteiger partial charge is 0.472 e. The van der Waals surface area contributed by atoms with E-state index in [2.05, 4.69) is 15.3 Å². The van der Waals surface area contributed by atoms with E-state index >= 15 is 0 Å². The first-order valence-corrected chi connectivity index (χ1v) is 11.2. The summed E-state index contributed by atoms with van der Waals surface area (Å²) in [6, 6.07) is 7.84. The topological polar surface area (TPSA) is 107 Å². The standard InChI is InChI=1S/C18H17N3O5S2/c1-28(23,24)13-2-3-14-15(9-13)27-18(20-14)21-17(22)11-4-6-19-16(8-11)26-12-5-7-25-10-12/h2-4,6,8-9,12H,5,7,10H2,1H3,(H,20,21,22). The minimum atomic E-state index is -3.30. The van der Waals surface area contributed by atoms with Gasteiger partial charge in [0.05, 0.1) is 28.3 Å². The number of aromatic nitrogens is 2. The summed E-state index contributed by atoms with van der Waals surface area (Å²) in [6.07, 6.45) is 3.40. The van der Waals surface area contributed by atoms with Crippen LogP contribution in [0.25, 0.3) is 10.2 Å². The van der Waals surface area contributed by atoms with Crippen LogP contribution in [0.1, 0.15) is 16.8 Å². The SMILES string of the molecule is CS(=O)(=O)c1ccc2nc(NC(=O)c3ccnc(OC4CCOC4)c3)sc2c1. The quantitative estimate of drug-likeness (QED) is 0.677. The third kappa shape index (κ3) is 4.13. The number of anilines is 1. The highest BCUT2D eigenvalue weighted by atomic mass is 32.2. The Kier molecular flexibility index (Phi) is 5.00. The molecule has 28 heavy (non-hydrogen) atoms. The molecule has 1 atom stereocenters. The van der Waals surface area contributed by atoms with Gasteiger partial charge in [-0.3, -0.25) is 10.1 Å². The summed E-state index contributed by atoms with van der Waals surface area (Å²) in [5.74, 6) is 0.0163. The second kappa shape index (κ2) is 7.46. The summed E-state index contributed by atoms with van der Waals surface area (Å²) in [4.78, 5) is 21.2. The molecule has 1 fully saturated rings. The lowest BCUT2D eigenvalue weighted by atomic mass is 10.2. The number of benzene rings is 1. The van der Waals surface area contributed by atoms with E-state index in [1.165, 1.54) is 23.6 Å². The first-order valence-electron chi connectivity index (χ1n) is 8.51. The number of ether oxygens (including phenoxy) is 2. The molecule has 0 bridgehead atoms. The minimum Gasteiger partial charge on any atom is -0.472 e. The van der Waals surface area contributed by atoms with Crippen LogP contribution < -0.4 is 10.1 Å². The van der Waals surface area contributed by atoms with Crippen LogP contribution in [0.3, 0.4) is 0 Å². The number of fused-ring (bicyclic) bond motifs is 1. The molecule has 1 unspecified atom stereocenters. The molecule has 1 amide bonds. The van der Waals surface area contributed by atoms with Crippen molar-refractivity contribution in [1.29, 1.82) is 0 Å². The molecule has 3 heterocycles. The van der Waals surface area contributed by atoms with E-state index in [1.807, 2.05) is 0 Å². The van der Waals surface area contributed by atoms with Gasteiger partial charge in [0.25, 0.3) is 5.91 Å². The van der Waals surface area contributed by atoms with Crippen molar-refractivity contribution in [3.05, 3.63) is 42.1 Å². The molecule has 0 spiro atoms. The Balaban J connectivity index is 1.51. The van der Waals surface area contributed by atoms with E-state index in [-0.39, 0.29) is 16.9 Å². The smallest absolute Gasteiger partial charge is 0.257 e. The Morgan fingerprint density at radius 2 is 2.18 bits per heavy atom. The van der Waals surface area contributed by atoms with Crippen LogP contribution in [0.15, 0.2) is 41.4 Å². The molecule has 0 aliphatic carbocycles. The highest BCUT2D eigenvalue weighted by Crippen LogP contribution is 2.28. The van der Waals surface area contributed by atoms with Crippen molar-refractivity contribution in [3.63, 3.8) is 0 Å². The number of hydrogen-bond acceptors (Lipinski definition) is 8. The van der Waals surface area contributed by atoms with E-state index in [9.17, 15) is 13.2 Å². The fraction of sp³-hybridized carbons (Fsp3) is 0.278. The van der Waals surface area contributed by atoms with Crippen molar-refractivity contribution >= 4 is 42.4 Å². The van der Waals surface area contributed by atoms with E-state index < -0.39 is 9.84 Å². The van der Waals surface area contributed by atoms with Crippen LogP contribution >= 0.6 is 11.3 Å². The van der Waals surface area contributed by atoms with Gasteiger partial charge in [0.15, 0.2) is 15.0 Å². The number of pyridine rings is 1. The van der Waals surface area contributed by atoms with Gasteiger partial charge in [-0.15, -0.1) is 0 Å². The van der Waals surface area contributed by atoms with Gasteiger partial charge in [-0.25, -0.2) is 18.4 Å². The van der Waals surface area contributed by atoms with Crippen molar-refractivity contribution in [1.82, 2.24) is 9.97 Å². The Morgan fingerprint density at radius 3 is 2.93 bits per heavy atom. The highest BCUT2D eigenvalue weighted by molar-refractivity contribution is 7.90. The zero-order valence-corrected chi connectivity index (χ0v) is 16.5. The van der Waals surface area contributed by atoms with E-state index in [0.717, 1.165) is 12.7 Å². The second-order valence-electron chi connectivity index (χ2n) is 6.36. The number of carbonyl (C=O) groups is 1. The average molecular weight is 419 g/mol. The fourth-order valence-electron chi connectivity index (χ4n) is 2.75. The zero-order valence-electron chi connectivity index (χ0n) is 14.9. The molecular weight excluding hydrogens is 402 g/mol. The maximum Gasteiger partial charge on any atom is 0.257 e. The maximum atomic E-state index is 12.6. The molecule has 1 saturated heterocycles. The Hall–Kier alpha value is -2.56. The van der Waals surface area contributed by atoms with Crippen molar-refractivity contribution < 1.29 is 22.7 Å². The molecule has 4 rings (SSSR count). The predicted octanol–water partition coefficient (Wildman–Crippen LogP) is 2.51. The summed E-state index contributed by atoms with van der Waals surface area (Å²) in [7, 11) is -3.30. The Morgan fingerprint density at radius 1 is 1.32 bits per heavy atom. The third-order valence-corrected chi connectivity index (χ3v) is 6.22. The Bertz CT molecular complexity index is 1140. The first-order chi connectivity index (χ1) is 13.4. The van der Waals surface area contributed by atoms with Gasteiger partial charge in [-0.1, -0.05) is 11.3 Å². The molecule has 1 aliphatic heterocycles. The summed E-state index contributed by atoms with van der Waals surface area (Å²) in [6.45, 7) is 1.17. The first kappa shape index (κ1) is 18.8. The monoisotopic (exact) mass is 419 g/mol. The average Bonchev–Trinajstić information content (AvgIpc) is 3.29. The van der Waals surface area contributed by atoms with E-state index in [4.69, 9.17) is 9.47 Å². The molecule has 3 aromatic rings. The third-order valence-electron chi connectivity index (χ3n) is 4.18. The van der Waals surface area contributed by atoms with Crippen LogP contribution in [-0.4, -0.2) is 49.9 Å². The molecule has 10 heteroatoms. The van der Waals surface area contributed by atoms with Gasteiger partial charge in [-0.05, 0) is 24.3 Å². The molecule has 8 nitrogen and oxygen atoms in total. The lowest BCUT2D eigenvalue weighted by molar-refractivity contribution is 0.102. The number of sulfone groups is 1.